The maximum absolute atomic E-state index is 6.16. The molecule has 2 aromatic carbocycles. The molecule has 21 heavy (non-hydrogen) atoms. The second kappa shape index (κ2) is 6.11. The molecule has 0 fully saturated rings. The normalized spacial score (nSPS) is 10.5. The Morgan fingerprint density at radius 3 is 2.57 bits per heavy atom. The monoisotopic (exact) mass is 316 g/mol. The second-order valence-electron chi connectivity index (χ2n) is 4.48. The van der Waals surface area contributed by atoms with Crippen molar-refractivity contribution in [2.75, 3.05) is 5.43 Å². The van der Waals surface area contributed by atoms with Crippen molar-refractivity contribution in [2.24, 2.45) is 0 Å². The fraction of sp³-hybridized carbons (Fsp3) is 0.0667. The van der Waals surface area contributed by atoms with E-state index in [4.69, 9.17) is 23.8 Å². The van der Waals surface area contributed by atoms with E-state index < -0.39 is 0 Å². The second-order valence-corrected chi connectivity index (χ2v) is 5.27. The van der Waals surface area contributed by atoms with Gasteiger partial charge in [-0.2, -0.15) is 5.10 Å². The quantitative estimate of drug-likeness (QED) is 0.715. The minimum absolute atomic E-state index is 0.515. The summed E-state index contributed by atoms with van der Waals surface area (Å²) in [6, 6.07) is 17.6. The van der Waals surface area contributed by atoms with E-state index in [9.17, 15) is 0 Å². The number of hydrogen-bond donors (Lipinski definition) is 2. The molecule has 4 nitrogen and oxygen atoms in total. The third kappa shape index (κ3) is 2.99. The fourth-order valence-corrected chi connectivity index (χ4v) is 2.43. The van der Waals surface area contributed by atoms with Crippen LogP contribution in [0.25, 0.3) is 11.4 Å². The minimum atomic E-state index is 0.515. The average Bonchev–Trinajstić information content (AvgIpc) is 2.88. The van der Waals surface area contributed by atoms with Gasteiger partial charge in [0.15, 0.2) is 5.82 Å². The molecule has 1 aromatic heterocycles. The van der Waals surface area contributed by atoms with Crippen LogP contribution in [0.5, 0.6) is 0 Å². The first-order valence-electron chi connectivity index (χ1n) is 6.46. The predicted octanol–water partition coefficient (Wildman–Crippen LogP) is 4.00. The Kier molecular flexibility index (Phi) is 4.03. The van der Waals surface area contributed by atoms with E-state index in [1.165, 1.54) is 0 Å². The van der Waals surface area contributed by atoms with Crippen LogP contribution in [0.4, 0.5) is 0 Å². The fourth-order valence-electron chi connectivity index (χ4n) is 2.03. The Labute approximate surface area is 132 Å². The van der Waals surface area contributed by atoms with Gasteiger partial charge in [-0.15, -0.1) is 0 Å². The molecule has 0 amide bonds. The number of nitrogens with one attached hydrogen (secondary N) is 2. The minimum Gasteiger partial charge on any atom is -0.317 e. The molecule has 0 unspecified atom stereocenters. The number of halogens is 1. The molecule has 0 saturated heterocycles. The van der Waals surface area contributed by atoms with Crippen molar-refractivity contribution in [3.05, 3.63) is 70.0 Å². The van der Waals surface area contributed by atoms with Crippen molar-refractivity contribution in [3.63, 3.8) is 0 Å². The highest BCUT2D eigenvalue weighted by Crippen LogP contribution is 2.17. The number of hydrogen-bond acceptors (Lipinski definition) is 3. The summed E-state index contributed by atoms with van der Waals surface area (Å²) in [5.74, 6) is 0.743. The number of benzene rings is 2. The van der Waals surface area contributed by atoms with Gasteiger partial charge in [-0.05, 0) is 23.8 Å². The third-order valence-electron chi connectivity index (χ3n) is 3.09. The molecule has 3 aromatic rings. The number of rotatable bonds is 4. The molecule has 0 aliphatic heterocycles. The van der Waals surface area contributed by atoms with Gasteiger partial charge in [0.1, 0.15) is 0 Å². The first kappa shape index (κ1) is 13.9. The molecule has 0 aliphatic carbocycles. The molecule has 0 bridgehead atoms. The van der Waals surface area contributed by atoms with Crippen LogP contribution in [-0.2, 0) is 6.54 Å². The Balaban J connectivity index is 1.88. The summed E-state index contributed by atoms with van der Waals surface area (Å²) in [5.41, 5.74) is 5.24. The van der Waals surface area contributed by atoms with Crippen LogP contribution >= 0.6 is 23.8 Å². The van der Waals surface area contributed by atoms with Gasteiger partial charge >= 0.3 is 0 Å². The van der Waals surface area contributed by atoms with E-state index in [0.717, 1.165) is 22.0 Å². The maximum Gasteiger partial charge on any atom is 0.214 e. The number of nitrogens with zero attached hydrogens (tertiary/aromatic N) is 2. The molecule has 0 aliphatic rings. The molecular weight excluding hydrogens is 304 g/mol. The molecule has 0 radical (unpaired) electrons. The van der Waals surface area contributed by atoms with Gasteiger partial charge < -0.3 is 5.43 Å². The molecule has 0 spiro atoms. The average molecular weight is 317 g/mol. The lowest BCUT2D eigenvalue weighted by atomic mass is 10.2. The molecule has 2 N–H and O–H groups in total. The van der Waals surface area contributed by atoms with E-state index in [0.29, 0.717) is 11.3 Å². The van der Waals surface area contributed by atoms with E-state index in [1.54, 1.807) is 4.68 Å². The van der Waals surface area contributed by atoms with Crippen LogP contribution < -0.4 is 5.43 Å². The summed E-state index contributed by atoms with van der Waals surface area (Å²) in [6.45, 7) is 0.563. The van der Waals surface area contributed by atoms with Crippen LogP contribution in [-0.4, -0.2) is 14.9 Å². The molecule has 0 atom stereocenters. The lowest BCUT2D eigenvalue weighted by molar-refractivity contribution is 0.832. The number of H-pyrrole nitrogens is 1. The van der Waals surface area contributed by atoms with Crippen molar-refractivity contribution >= 4 is 23.8 Å². The summed E-state index contributed by atoms with van der Waals surface area (Å²) in [5, 5.41) is 7.80. The zero-order valence-corrected chi connectivity index (χ0v) is 12.7. The number of aromatic nitrogens is 3. The molecule has 3 rings (SSSR count). The summed E-state index contributed by atoms with van der Waals surface area (Å²) in [4.78, 5) is 0. The standard InChI is InChI=1S/C15H13ClN4S/c16-13-9-5-4-8-12(13)10-17-20-14(18-19-15(20)21)11-6-2-1-3-7-11/h1-9,17H,10H2,(H,19,21). The molecule has 1 heterocycles. The van der Waals surface area contributed by atoms with Crippen LogP contribution in [0.3, 0.4) is 0 Å². The van der Waals surface area contributed by atoms with Gasteiger partial charge in [0.05, 0.1) is 6.54 Å². The van der Waals surface area contributed by atoms with E-state index in [2.05, 4.69) is 15.6 Å². The topological polar surface area (TPSA) is 45.6 Å². The van der Waals surface area contributed by atoms with Gasteiger partial charge in [-0.1, -0.05) is 60.1 Å². The van der Waals surface area contributed by atoms with Crippen LogP contribution in [0.15, 0.2) is 54.6 Å². The maximum atomic E-state index is 6.16. The van der Waals surface area contributed by atoms with Crippen molar-refractivity contribution in [3.8, 4) is 11.4 Å². The van der Waals surface area contributed by atoms with Gasteiger partial charge in [0, 0.05) is 10.6 Å². The first-order valence-corrected chi connectivity index (χ1v) is 7.24. The summed E-state index contributed by atoms with van der Waals surface area (Å²) in [6.07, 6.45) is 0. The zero-order chi connectivity index (χ0) is 14.7. The van der Waals surface area contributed by atoms with E-state index >= 15 is 0 Å². The Bertz CT molecular complexity index is 795. The largest absolute Gasteiger partial charge is 0.317 e. The SMILES string of the molecule is S=c1[nH]nc(-c2ccccc2)n1NCc1ccccc1Cl. The first-order chi connectivity index (χ1) is 10.3. The molecular formula is C15H13ClN4S. The van der Waals surface area contributed by atoms with Crippen LogP contribution in [0, 0.1) is 4.77 Å². The lowest BCUT2D eigenvalue weighted by Gasteiger charge is -2.11. The van der Waals surface area contributed by atoms with Crippen LogP contribution in [0.1, 0.15) is 5.56 Å². The van der Waals surface area contributed by atoms with E-state index in [1.807, 2.05) is 54.6 Å². The zero-order valence-electron chi connectivity index (χ0n) is 11.1. The van der Waals surface area contributed by atoms with E-state index in [-0.39, 0.29) is 0 Å². The summed E-state index contributed by atoms with van der Waals surface area (Å²) < 4.78 is 2.27. The predicted molar refractivity (Wildman–Crippen MR) is 87.4 cm³/mol. The Hall–Kier alpha value is -2.11. The Morgan fingerprint density at radius 1 is 1.10 bits per heavy atom. The molecule has 106 valence electrons. The highest BCUT2D eigenvalue weighted by molar-refractivity contribution is 7.71. The van der Waals surface area contributed by atoms with Gasteiger partial charge in [-0.25, -0.2) is 9.77 Å². The van der Waals surface area contributed by atoms with Gasteiger partial charge in [0.25, 0.3) is 0 Å². The third-order valence-corrected chi connectivity index (χ3v) is 3.73. The molecule has 0 saturated carbocycles. The molecule has 6 heteroatoms. The Morgan fingerprint density at radius 2 is 1.81 bits per heavy atom. The van der Waals surface area contributed by atoms with Gasteiger partial charge in [-0.3, -0.25) is 0 Å². The van der Waals surface area contributed by atoms with Crippen molar-refractivity contribution in [2.45, 2.75) is 6.54 Å². The smallest absolute Gasteiger partial charge is 0.214 e. The van der Waals surface area contributed by atoms with Gasteiger partial charge in [0.2, 0.25) is 4.77 Å². The summed E-state index contributed by atoms with van der Waals surface area (Å²) >= 11 is 11.4. The van der Waals surface area contributed by atoms with Crippen molar-refractivity contribution < 1.29 is 0 Å². The highest BCUT2D eigenvalue weighted by Gasteiger charge is 2.08. The summed E-state index contributed by atoms with van der Waals surface area (Å²) in [7, 11) is 0. The van der Waals surface area contributed by atoms with Crippen molar-refractivity contribution in [1.29, 1.82) is 0 Å². The number of aromatic amines is 1. The highest BCUT2D eigenvalue weighted by atomic mass is 35.5. The van der Waals surface area contributed by atoms with Crippen LogP contribution in [0.2, 0.25) is 5.02 Å². The lowest BCUT2D eigenvalue weighted by Crippen LogP contribution is -2.16. The van der Waals surface area contributed by atoms with Crippen molar-refractivity contribution in [1.82, 2.24) is 14.9 Å².